The zero-order chi connectivity index (χ0) is 10.6. The van der Waals surface area contributed by atoms with E-state index in [1.165, 1.54) is 19.3 Å². The molecule has 0 aliphatic heterocycles. The van der Waals surface area contributed by atoms with Gasteiger partial charge in [-0.3, -0.25) is 0 Å². The molecule has 0 radical (unpaired) electrons. The monoisotopic (exact) mass is 199 g/mol. The van der Waals surface area contributed by atoms with E-state index in [0.717, 1.165) is 13.0 Å². The smallest absolute Gasteiger partial charge is 0.0675 e. The van der Waals surface area contributed by atoms with E-state index in [1.54, 1.807) is 0 Å². The molecule has 1 unspecified atom stereocenters. The molecule has 1 saturated carbocycles. The number of rotatable bonds is 6. The van der Waals surface area contributed by atoms with Gasteiger partial charge in [0.25, 0.3) is 0 Å². The second-order valence-corrected chi connectivity index (χ2v) is 5.12. The molecule has 14 heavy (non-hydrogen) atoms. The summed E-state index contributed by atoms with van der Waals surface area (Å²) < 4.78 is 5.86. The first-order valence-electron chi connectivity index (χ1n) is 5.94. The highest BCUT2D eigenvalue weighted by atomic mass is 16.5. The van der Waals surface area contributed by atoms with Crippen LogP contribution in [0.3, 0.4) is 0 Å². The van der Waals surface area contributed by atoms with Crippen molar-refractivity contribution in [1.82, 2.24) is 5.32 Å². The zero-order valence-corrected chi connectivity index (χ0v) is 10.1. The number of hydrogen-bond acceptors (Lipinski definition) is 2. The largest absolute Gasteiger partial charge is 0.374 e. The lowest BCUT2D eigenvalue weighted by Gasteiger charge is -2.31. The quantitative estimate of drug-likeness (QED) is 0.710. The van der Waals surface area contributed by atoms with Gasteiger partial charge in [0.05, 0.1) is 12.2 Å². The van der Waals surface area contributed by atoms with Crippen LogP contribution in [0.1, 0.15) is 53.4 Å². The SMILES string of the molecule is CCC(C)(C)NCC(C)OC1CCC1. The zero-order valence-electron chi connectivity index (χ0n) is 10.1. The standard InChI is InChI=1S/C12H25NO/c1-5-12(3,4)13-9-10(2)14-11-7-6-8-11/h10-11,13H,5-9H2,1-4H3. The van der Waals surface area contributed by atoms with Crippen LogP contribution in [0, 0.1) is 0 Å². The molecule has 1 aliphatic rings. The van der Waals surface area contributed by atoms with Crippen molar-refractivity contribution in [2.75, 3.05) is 6.54 Å². The first-order valence-corrected chi connectivity index (χ1v) is 5.94. The van der Waals surface area contributed by atoms with Crippen LogP contribution in [0.4, 0.5) is 0 Å². The Balaban J connectivity index is 2.10. The lowest BCUT2D eigenvalue weighted by atomic mass is 9.96. The minimum atomic E-state index is 0.247. The van der Waals surface area contributed by atoms with Crippen molar-refractivity contribution >= 4 is 0 Å². The van der Waals surface area contributed by atoms with Gasteiger partial charge in [0, 0.05) is 12.1 Å². The number of ether oxygens (including phenoxy) is 1. The summed E-state index contributed by atoms with van der Waals surface area (Å²) in [6, 6.07) is 0. The third kappa shape index (κ3) is 3.97. The Kier molecular flexibility index (Phi) is 4.39. The van der Waals surface area contributed by atoms with Crippen molar-refractivity contribution in [3.05, 3.63) is 0 Å². The Morgan fingerprint density at radius 3 is 2.50 bits per heavy atom. The summed E-state index contributed by atoms with van der Waals surface area (Å²) in [7, 11) is 0. The summed E-state index contributed by atoms with van der Waals surface area (Å²) in [4.78, 5) is 0. The van der Waals surface area contributed by atoms with Crippen molar-refractivity contribution in [2.24, 2.45) is 0 Å². The molecular formula is C12H25NO. The minimum absolute atomic E-state index is 0.247. The summed E-state index contributed by atoms with van der Waals surface area (Å²) >= 11 is 0. The highest BCUT2D eigenvalue weighted by molar-refractivity contribution is 4.77. The molecule has 0 aromatic rings. The molecule has 0 aromatic heterocycles. The normalized spacial score (nSPS) is 20.6. The third-order valence-electron chi connectivity index (χ3n) is 3.23. The molecule has 0 aromatic carbocycles. The summed E-state index contributed by atoms with van der Waals surface area (Å²) in [5, 5.41) is 3.54. The molecular weight excluding hydrogens is 174 g/mol. The van der Waals surface area contributed by atoms with Crippen LogP contribution < -0.4 is 5.32 Å². The molecule has 2 nitrogen and oxygen atoms in total. The van der Waals surface area contributed by atoms with Gasteiger partial charge >= 0.3 is 0 Å². The van der Waals surface area contributed by atoms with Gasteiger partial charge in [-0.2, -0.15) is 0 Å². The van der Waals surface area contributed by atoms with Gasteiger partial charge in [0.15, 0.2) is 0 Å². The van der Waals surface area contributed by atoms with Crippen molar-refractivity contribution in [3.63, 3.8) is 0 Å². The molecule has 0 heterocycles. The molecule has 84 valence electrons. The Morgan fingerprint density at radius 2 is 2.07 bits per heavy atom. The maximum atomic E-state index is 5.86. The summed E-state index contributed by atoms with van der Waals surface area (Å²) in [5.74, 6) is 0. The second kappa shape index (κ2) is 5.13. The molecule has 0 spiro atoms. The molecule has 1 rings (SSSR count). The van der Waals surface area contributed by atoms with Crippen molar-refractivity contribution < 1.29 is 4.74 Å². The van der Waals surface area contributed by atoms with Gasteiger partial charge in [0.2, 0.25) is 0 Å². The summed E-state index contributed by atoms with van der Waals surface area (Å²) in [6.45, 7) is 9.82. The highest BCUT2D eigenvalue weighted by Crippen LogP contribution is 2.23. The van der Waals surface area contributed by atoms with Gasteiger partial charge in [-0.05, 0) is 46.5 Å². The molecule has 0 saturated heterocycles. The summed E-state index contributed by atoms with van der Waals surface area (Å²) in [5.41, 5.74) is 0.247. The van der Waals surface area contributed by atoms with Gasteiger partial charge in [-0.1, -0.05) is 6.92 Å². The van der Waals surface area contributed by atoms with E-state index in [9.17, 15) is 0 Å². The van der Waals surface area contributed by atoms with Crippen LogP contribution in [0.2, 0.25) is 0 Å². The molecule has 1 atom stereocenters. The van der Waals surface area contributed by atoms with Crippen molar-refractivity contribution in [2.45, 2.75) is 71.1 Å². The maximum Gasteiger partial charge on any atom is 0.0675 e. The average molecular weight is 199 g/mol. The Hall–Kier alpha value is -0.0800. The maximum absolute atomic E-state index is 5.86. The van der Waals surface area contributed by atoms with E-state index in [1.807, 2.05) is 0 Å². The molecule has 0 bridgehead atoms. The Morgan fingerprint density at radius 1 is 1.43 bits per heavy atom. The predicted molar refractivity (Wildman–Crippen MR) is 60.6 cm³/mol. The van der Waals surface area contributed by atoms with Crippen LogP contribution in [-0.4, -0.2) is 24.3 Å². The molecule has 1 N–H and O–H groups in total. The van der Waals surface area contributed by atoms with Crippen LogP contribution >= 0.6 is 0 Å². The third-order valence-corrected chi connectivity index (χ3v) is 3.23. The van der Waals surface area contributed by atoms with Crippen LogP contribution in [0.5, 0.6) is 0 Å². The van der Waals surface area contributed by atoms with Gasteiger partial charge in [-0.15, -0.1) is 0 Å². The van der Waals surface area contributed by atoms with Gasteiger partial charge in [-0.25, -0.2) is 0 Å². The highest BCUT2D eigenvalue weighted by Gasteiger charge is 2.21. The molecule has 2 heteroatoms. The van der Waals surface area contributed by atoms with Gasteiger partial charge < -0.3 is 10.1 Å². The van der Waals surface area contributed by atoms with Gasteiger partial charge in [0.1, 0.15) is 0 Å². The topological polar surface area (TPSA) is 21.3 Å². The van der Waals surface area contributed by atoms with Crippen LogP contribution in [-0.2, 0) is 4.74 Å². The van der Waals surface area contributed by atoms with E-state index < -0.39 is 0 Å². The van der Waals surface area contributed by atoms with E-state index in [0.29, 0.717) is 12.2 Å². The molecule has 1 aliphatic carbocycles. The number of hydrogen-bond donors (Lipinski definition) is 1. The first-order chi connectivity index (χ1) is 6.53. The molecule has 0 amide bonds. The fourth-order valence-corrected chi connectivity index (χ4v) is 1.43. The minimum Gasteiger partial charge on any atom is -0.374 e. The predicted octanol–water partition coefficient (Wildman–Crippen LogP) is 2.72. The van der Waals surface area contributed by atoms with Crippen LogP contribution in [0.15, 0.2) is 0 Å². The Bertz CT molecular complexity index is 164. The molecule has 1 fully saturated rings. The average Bonchev–Trinajstić information content (AvgIpc) is 2.08. The second-order valence-electron chi connectivity index (χ2n) is 5.12. The summed E-state index contributed by atoms with van der Waals surface area (Å²) in [6.07, 6.45) is 5.94. The van der Waals surface area contributed by atoms with E-state index >= 15 is 0 Å². The van der Waals surface area contributed by atoms with E-state index in [-0.39, 0.29) is 5.54 Å². The lowest BCUT2D eigenvalue weighted by molar-refractivity contribution is -0.0439. The first kappa shape index (κ1) is 12.0. The van der Waals surface area contributed by atoms with E-state index in [4.69, 9.17) is 4.74 Å². The van der Waals surface area contributed by atoms with Crippen molar-refractivity contribution in [1.29, 1.82) is 0 Å². The van der Waals surface area contributed by atoms with Crippen LogP contribution in [0.25, 0.3) is 0 Å². The fourth-order valence-electron chi connectivity index (χ4n) is 1.43. The van der Waals surface area contributed by atoms with Crippen molar-refractivity contribution in [3.8, 4) is 0 Å². The van der Waals surface area contributed by atoms with E-state index in [2.05, 4.69) is 33.0 Å². The Labute approximate surface area is 88.4 Å². The fraction of sp³-hybridized carbons (Fsp3) is 1.00. The lowest BCUT2D eigenvalue weighted by Crippen LogP contribution is -2.44. The number of nitrogens with one attached hydrogen (secondary N) is 1.